The van der Waals surface area contributed by atoms with E-state index in [0.717, 1.165) is 38.5 Å². The van der Waals surface area contributed by atoms with Crippen LogP contribution in [-0.2, 0) is 9.47 Å². The van der Waals surface area contributed by atoms with Gasteiger partial charge < -0.3 is 19.3 Å². The van der Waals surface area contributed by atoms with E-state index < -0.39 is 12.2 Å². The van der Waals surface area contributed by atoms with Crippen molar-refractivity contribution in [1.29, 1.82) is 0 Å². The number of hydrogen-bond donors (Lipinski definition) is 3. The molecule has 1 aromatic rings. The summed E-state index contributed by atoms with van der Waals surface area (Å²) in [7, 11) is 0. The fraction of sp³-hybridized carbons (Fsp3) is 0.771. The van der Waals surface area contributed by atoms with Crippen LogP contribution in [0.2, 0.25) is 0 Å². The average molecular weight is 607 g/mol. The van der Waals surface area contributed by atoms with Crippen molar-refractivity contribution >= 4 is 23.6 Å². The Kier molecular flexibility index (Phi) is 25.4. The number of unbranched alkanes of at least 4 members (excludes halogenated alkanes) is 18. The Morgan fingerprint density at radius 2 is 0.907 bits per heavy atom. The molecule has 0 fully saturated rings. The Labute approximate surface area is 262 Å². The van der Waals surface area contributed by atoms with Crippen LogP contribution in [0.4, 0.5) is 21.0 Å². The van der Waals surface area contributed by atoms with E-state index in [1.165, 1.54) is 89.9 Å². The van der Waals surface area contributed by atoms with Gasteiger partial charge in [0.1, 0.15) is 5.75 Å². The summed E-state index contributed by atoms with van der Waals surface area (Å²) in [6, 6.07) is 4.97. The van der Waals surface area contributed by atoms with Crippen LogP contribution in [0, 0.1) is 0 Å². The summed E-state index contributed by atoms with van der Waals surface area (Å²) in [5, 5.41) is 14.5. The summed E-state index contributed by atoms with van der Waals surface area (Å²) in [6.07, 6.45) is 23.8. The first kappa shape index (κ1) is 38.5. The monoisotopic (exact) mass is 606 g/mol. The molecule has 0 aliphatic heterocycles. The summed E-state index contributed by atoms with van der Waals surface area (Å²) in [4.78, 5) is 24.8. The second-order valence-electron chi connectivity index (χ2n) is 11.6. The van der Waals surface area contributed by atoms with Crippen LogP contribution in [-0.4, -0.2) is 43.7 Å². The number of ether oxygens (including phenoxy) is 3. The van der Waals surface area contributed by atoms with Gasteiger partial charge in [-0.1, -0.05) is 129 Å². The van der Waals surface area contributed by atoms with Crippen molar-refractivity contribution in [3.8, 4) is 5.75 Å². The molecule has 0 bridgehead atoms. The van der Waals surface area contributed by atoms with Crippen molar-refractivity contribution in [3.63, 3.8) is 0 Å². The minimum absolute atomic E-state index is 0.0135. The van der Waals surface area contributed by atoms with E-state index in [2.05, 4.69) is 24.5 Å². The van der Waals surface area contributed by atoms with Crippen LogP contribution in [0.15, 0.2) is 18.2 Å². The van der Waals surface area contributed by atoms with Gasteiger partial charge >= 0.3 is 12.2 Å². The van der Waals surface area contributed by atoms with Crippen LogP contribution < -0.4 is 15.4 Å². The molecule has 8 nitrogen and oxygen atoms in total. The van der Waals surface area contributed by atoms with E-state index >= 15 is 0 Å². The summed E-state index contributed by atoms with van der Waals surface area (Å²) in [6.45, 7) is 5.53. The molecule has 248 valence electrons. The van der Waals surface area contributed by atoms with Crippen molar-refractivity contribution in [2.45, 2.75) is 149 Å². The van der Waals surface area contributed by atoms with Gasteiger partial charge in [-0.05, 0) is 18.9 Å². The van der Waals surface area contributed by atoms with Gasteiger partial charge in [-0.25, -0.2) is 9.59 Å². The number of nitrogens with one attached hydrogen (secondary N) is 2. The normalized spacial score (nSPS) is 10.9. The van der Waals surface area contributed by atoms with Crippen molar-refractivity contribution in [2.24, 2.45) is 0 Å². The predicted octanol–water partition coefficient (Wildman–Crippen LogP) is 10.4. The molecule has 1 rings (SSSR count). The van der Waals surface area contributed by atoms with Gasteiger partial charge in [-0.2, -0.15) is 0 Å². The van der Waals surface area contributed by atoms with E-state index in [-0.39, 0.29) is 6.61 Å². The molecule has 0 saturated carbocycles. The minimum Gasteiger partial charge on any atom is -0.493 e. The highest BCUT2D eigenvalue weighted by atomic mass is 16.6. The van der Waals surface area contributed by atoms with E-state index in [4.69, 9.17) is 19.3 Å². The van der Waals surface area contributed by atoms with E-state index in [1.807, 2.05) is 0 Å². The maximum Gasteiger partial charge on any atom is 0.411 e. The van der Waals surface area contributed by atoms with Gasteiger partial charge in [0.2, 0.25) is 0 Å². The first-order chi connectivity index (χ1) is 21.1. The second kappa shape index (κ2) is 28.3. The Hall–Kier alpha value is -2.48. The number of anilines is 2. The summed E-state index contributed by atoms with van der Waals surface area (Å²) < 4.78 is 16.4. The number of amides is 2. The van der Waals surface area contributed by atoms with Gasteiger partial charge in [0.25, 0.3) is 0 Å². The number of aliphatic hydroxyl groups excluding tert-OH is 1. The molecule has 0 aliphatic carbocycles. The van der Waals surface area contributed by atoms with Crippen LogP contribution >= 0.6 is 0 Å². The van der Waals surface area contributed by atoms with Crippen molar-refractivity contribution in [1.82, 2.24) is 0 Å². The maximum atomic E-state index is 12.4. The summed E-state index contributed by atoms with van der Waals surface area (Å²) >= 11 is 0. The van der Waals surface area contributed by atoms with Gasteiger partial charge in [0, 0.05) is 36.5 Å². The summed E-state index contributed by atoms with van der Waals surface area (Å²) in [5.74, 6) is 0.464. The molecule has 0 aromatic heterocycles. The number of hydrogen-bond acceptors (Lipinski definition) is 6. The molecule has 0 atom stereocenters. The quantitative estimate of drug-likeness (QED) is 0.0819. The number of benzene rings is 1. The van der Waals surface area contributed by atoms with Crippen molar-refractivity contribution < 1.29 is 28.9 Å². The highest BCUT2D eigenvalue weighted by molar-refractivity contribution is 5.89. The van der Waals surface area contributed by atoms with Crippen LogP contribution in [0.5, 0.6) is 5.75 Å². The van der Waals surface area contributed by atoms with Crippen LogP contribution in [0.3, 0.4) is 0 Å². The molecule has 0 radical (unpaired) electrons. The molecule has 3 N–H and O–H groups in total. The molecule has 0 heterocycles. The molecule has 0 unspecified atom stereocenters. The third-order valence-electron chi connectivity index (χ3n) is 7.43. The van der Waals surface area contributed by atoms with E-state index in [0.29, 0.717) is 43.4 Å². The topological polar surface area (TPSA) is 106 Å². The fourth-order valence-electron chi connectivity index (χ4n) is 4.90. The fourth-order valence-corrected chi connectivity index (χ4v) is 4.90. The zero-order valence-corrected chi connectivity index (χ0v) is 27.4. The standard InChI is InChI=1S/C35H62N2O6/c1-3-5-7-9-11-13-15-17-19-21-25-42-34(39)36-31-28-32(30-33(29-31)41-27-23-24-38)37-35(40)43-26-22-20-18-16-14-12-10-8-6-4-2/h28-30,38H,3-27H2,1-2H3,(H,36,39)(H,37,40). The van der Waals surface area contributed by atoms with E-state index in [9.17, 15) is 9.59 Å². The summed E-state index contributed by atoms with van der Waals surface area (Å²) in [5.41, 5.74) is 0.888. The lowest BCUT2D eigenvalue weighted by molar-refractivity contribution is 0.158. The molecule has 2 amide bonds. The van der Waals surface area contributed by atoms with Crippen LogP contribution in [0.1, 0.15) is 149 Å². The Morgan fingerprint density at radius 3 is 1.28 bits per heavy atom. The van der Waals surface area contributed by atoms with E-state index in [1.54, 1.807) is 18.2 Å². The Morgan fingerprint density at radius 1 is 0.535 bits per heavy atom. The zero-order chi connectivity index (χ0) is 31.2. The Bertz CT molecular complexity index is 761. The third-order valence-corrected chi connectivity index (χ3v) is 7.43. The molecular formula is C35H62N2O6. The highest BCUT2D eigenvalue weighted by Gasteiger charge is 2.10. The third kappa shape index (κ3) is 23.6. The predicted molar refractivity (Wildman–Crippen MR) is 177 cm³/mol. The molecule has 0 aliphatic rings. The first-order valence-electron chi connectivity index (χ1n) is 17.3. The SMILES string of the molecule is CCCCCCCCCCCCOC(=O)Nc1cc(NC(=O)OCCCCCCCCCCCC)cc(OCCCO)c1. The van der Waals surface area contributed by atoms with Crippen LogP contribution in [0.25, 0.3) is 0 Å². The highest BCUT2D eigenvalue weighted by Crippen LogP contribution is 2.25. The average Bonchev–Trinajstić information content (AvgIpc) is 2.98. The molecule has 43 heavy (non-hydrogen) atoms. The number of carbonyl (C=O) groups is 2. The second-order valence-corrected chi connectivity index (χ2v) is 11.6. The lowest BCUT2D eigenvalue weighted by atomic mass is 10.1. The number of aliphatic hydroxyl groups is 1. The zero-order valence-electron chi connectivity index (χ0n) is 27.4. The smallest absolute Gasteiger partial charge is 0.411 e. The molecular weight excluding hydrogens is 544 g/mol. The van der Waals surface area contributed by atoms with Gasteiger partial charge in [-0.15, -0.1) is 0 Å². The number of rotatable bonds is 28. The minimum atomic E-state index is -0.544. The first-order valence-corrected chi connectivity index (χ1v) is 17.3. The lowest BCUT2D eigenvalue weighted by Gasteiger charge is -2.13. The molecule has 1 aromatic carbocycles. The maximum absolute atomic E-state index is 12.4. The number of carbonyl (C=O) groups excluding carboxylic acids is 2. The van der Waals surface area contributed by atoms with Crippen molar-refractivity contribution in [3.05, 3.63) is 18.2 Å². The molecule has 8 heteroatoms. The van der Waals surface area contributed by atoms with Crippen molar-refractivity contribution in [2.75, 3.05) is 37.1 Å². The van der Waals surface area contributed by atoms with Gasteiger partial charge in [-0.3, -0.25) is 10.6 Å². The molecule has 0 spiro atoms. The molecule has 0 saturated heterocycles. The van der Waals surface area contributed by atoms with Gasteiger partial charge in [0.05, 0.1) is 19.8 Å². The lowest BCUT2D eigenvalue weighted by Crippen LogP contribution is -2.16. The van der Waals surface area contributed by atoms with Gasteiger partial charge in [0.15, 0.2) is 0 Å². The largest absolute Gasteiger partial charge is 0.493 e. The Balaban J connectivity index is 2.35.